The molecule has 0 radical (unpaired) electrons. The predicted molar refractivity (Wildman–Crippen MR) is 43.8 cm³/mol. The Morgan fingerprint density at radius 3 is 3.10 bits per heavy atom. The maximum atomic E-state index is 4.05. The van der Waals surface area contributed by atoms with E-state index < -0.39 is 0 Å². The molecule has 0 aliphatic rings. The van der Waals surface area contributed by atoms with Crippen molar-refractivity contribution < 1.29 is 0 Å². The fourth-order valence-electron chi connectivity index (χ4n) is 0.603. The van der Waals surface area contributed by atoms with E-state index in [9.17, 15) is 0 Å². The Morgan fingerprint density at radius 2 is 2.60 bits per heavy atom. The van der Waals surface area contributed by atoms with Crippen molar-refractivity contribution in [2.75, 3.05) is 5.33 Å². The van der Waals surface area contributed by atoms with E-state index in [1.54, 1.807) is 13.2 Å². The Morgan fingerprint density at radius 1 is 1.80 bits per heavy atom. The van der Waals surface area contributed by atoms with Gasteiger partial charge in [0.1, 0.15) is 5.69 Å². The number of rotatable bonds is 2. The average Bonchev–Trinajstić information content (AvgIpc) is 2.31. The Kier molecular flexibility index (Phi) is 2.62. The van der Waals surface area contributed by atoms with Crippen molar-refractivity contribution in [1.29, 1.82) is 0 Å². The number of hydrogen-bond acceptors (Lipinski definition) is 2. The van der Waals surface area contributed by atoms with Gasteiger partial charge in [-0.1, -0.05) is 22.0 Å². The first kappa shape index (κ1) is 7.47. The van der Waals surface area contributed by atoms with Gasteiger partial charge in [-0.15, -0.1) is 0 Å². The van der Waals surface area contributed by atoms with E-state index in [-0.39, 0.29) is 0 Å². The summed E-state index contributed by atoms with van der Waals surface area (Å²) >= 11 is 3.27. The molecule has 1 aromatic heterocycles. The summed E-state index contributed by atoms with van der Waals surface area (Å²) in [6.07, 6.45) is 5.62. The van der Waals surface area contributed by atoms with Crippen LogP contribution in [0.3, 0.4) is 0 Å². The van der Waals surface area contributed by atoms with E-state index in [0.717, 1.165) is 11.0 Å². The SMILES string of the molecule is Cn1ncc(/C=C/CBr)n1. The smallest absolute Gasteiger partial charge is 0.105 e. The molecule has 0 saturated carbocycles. The second-order valence-corrected chi connectivity index (χ2v) is 2.46. The summed E-state index contributed by atoms with van der Waals surface area (Å²) in [5.74, 6) is 0. The van der Waals surface area contributed by atoms with Crippen LogP contribution in [0.5, 0.6) is 0 Å². The number of hydrogen-bond donors (Lipinski definition) is 0. The molecule has 0 aromatic carbocycles. The summed E-state index contributed by atoms with van der Waals surface area (Å²) in [5, 5.41) is 8.81. The standard InChI is InChI=1S/C6H8BrN3/c1-10-8-5-6(9-10)3-2-4-7/h2-3,5H,4H2,1H3/b3-2+. The van der Waals surface area contributed by atoms with Crippen molar-refractivity contribution in [3.63, 3.8) is 0 Å². The van der Waals surface area contributed by atoms with Crippen LogP contribution >= 0.6 is 15.9 Å². The molecule has 0 bridgehead atoms. The van der Waals surface area contributed by atoms with Crippen molar-refractivity contribution in [2.24, 2.45) is 7.05 Å². The van der Waals surface area contributed by atoms with Crippen LogP contribution in [0, 0.1) is 0 Å². The third-order valence-electron chi connectivity index (χ3n) is 0.995. The van der Waals surface area contributed by atoms with Gasteiger partial charge in [0.15, 0.2) is 0 Å². The van der Waals surface area contributed by atoms with Gasteiger partial charge in [-0.05, 0) is 6.08 Å². The van der Waals surface area contributed by atoms with Crippen LogP contribution in [-0.2, 0) is 7.05 Å². The molecule has 54 valence electrons. The summed E-state index contributed by atoms with van der Waals surface area (Å²) in [6, 6.07) is 0. The van der Waals surface area contributed by atoms with Crippen LogP contribution < -0.4 is 0 Å². The van der Waals surface area contributed by atoms with Crippen molar-refractivity contribution in [1.82, 2.24) is 15.0 Å². The molecule has 0 aliphatic carbocycles. The molecule has 0 N–H and O–H groups in total. The van der Waals surface area contributed by atoms with Crippen molar-refractivity contribution in [2.45, 2.75) is 0 Å². The maximum absolute atomic E-state index is 4.05. The van der Waals surface area contributed by atoms with Gasteiger partial charge in [-0.25, -0.2) is 0 Å². The average molecular weight is 202 g/mol. The van der Waals surface area contributed by atoms with Gasteiger partial charge in [0, 0.05) is 12.4 Å². The summed E-state index contributed by atoms with van der Waals surface area (Å²) in [6.45, 7) is 0. The van der Waals surface area contributed by atoms with E-state index in [0.29, 0.717) is 0 Å². The fraction of sp³-hybridized carbons (Fsp3) is 0.333. The number of aromatic nitrogens is 3. The third-order valence-corrected chi connectivity index (χ3v) is 1.37. The number of nitrogens with zero attached hydrogens (tertiary/aromatic N) is 3. The van der Waals surface area contributed by atoms with E-state index in [2.05, 4.69) is 26.1 Å². The predicted octanol–water partition coefficient (Wildman–Crippen LogP) is 1.22. The highest BCUT2D eigenvalue weighted by atomic mass is 79.9. The van der Waals surface area contributed by atoms with Crippen LogP contribution in [-0.4, -0.2) is 20.3 Å². The molecule has 0 amide bonds. The monoisotopic (exact) mass is 201 g/mol. The lowest BCUT2D eigenvalue weighted by molar-refractivity contribution is 0.652. The Bertz CT molecular complexity index is 229. The molecular formula is C6H8BrN3. The number of halogens is 1. The first-order chi connectivity index (χ1) is 4.83. The van der Waals surface area contributed by atoms with Crippen LogP contribution in [0.2, 0.25) is 0 Å². The van der Waals surface area contributed by atoms with Gasteiger partial charge in [-0.3, -0.25) is 0 Å². The van der Waals surface area contributed by atoms with E-state index >= 15 is 0 Å². The molecule has 0 fully saturated rings. The summed E-state index contributed by atoms with van der Waals surface area (Å²) in [7, 11) is 1.80. The van der Waals surface area contributed by atoms with E-state index in [4.69, 9.17) is 0 Å². The van der Waals surface area contributed by atoms with Gasteiger partial charge >= 0.3 is 0 Å². The second-order valence-electron chi connectivity index (χ2n) is 1.82. The minimum absolute atomic E-state index is 0.851. The molecule has 0 saturated heterocycles. The molecule has 1 rings (SSSR count). The summed E-state index contributed by atoms with van der Waals surface area (Å²) < 4.78 is 0. The first-order valence-corrected chi connectivity index (χ1v) is 4.04. The third kappa shape index (κ3) is 1.95. The molecule has 3 nitrogen and oxygen atoms in total. The molecule has 0 spiro atoms. The molecule has 0 atom stereocenters. The largest absolute Gasteiger partial charge is 0.187 e. The van der Waals surface area contributed by atoms with Crippen molar-refractivity contribution in [3.8, 4) is 0 Å². The van der Waals surface area contributed by atoms with Crippen LogP contribution in [0.1, 0.15) is 5.69 Å². The van der Waals surface area contributed by atoms with Gasteiger partial charge in [0.05, 0.1) is 6.20 Å². The lowest BCUT2D eigenvalue weighted by Crippen LogP contribution is -1.91. The topological polar surface area (TPSA) is 30.7 Å². The maximum Gasteiger partial charge on any atom is 0.105 e. The van der Waals surface area contributed by atoms with Gasteiger partial charge in [-0.2, -0.15) is 15.0 Å². The highest BCUT2D eigenvalue weighted by Crippen LogP contribution is 1.94. The fourth-order valence-corrected chi connectivity index (χ4v) is 0.790. The normalized spacial score (nSPS) is 11.0. The van der Waals surface area contributed by atoms with Crippen LogP contribution in [0.25, 0.3) is 6.08 Å². The number of alkyl halides is 1. The van der Waals surface area contributed by atoms with E-state index in [1.165, 1.54) is 4.80 Å². The van der Waals surface area contributed by atoms with Crippen LogP contribution in [0.15, 0.2) is 12.3 Å². The minimum atomic E-state index is 0.851. The molecule has 0 aliphatic heterocycles. The molecule has 4 heteroatoms. The second kappa shape index (κ2) is 3.51. The molecule has 0 unspecified atom stereocenters. The highest BCUT2D eigenvalue weighted by molar-refractivity contribution is 9.09. The summed E-state index contributed by atoms with van der Waals surface area (Å²) in [5.41, 5.74) is 0.891. The molecular weight excluding hydrogens is 194 g/mol. The Hall–Kier alpha value is -0.640. The summed E-state index contributed by atoms with van der Waals surface area (Å²) in [4.78, 5) is 1.54. The van der Waals surface area contributed by atoms with Gasteiger partial charge < -0.3 is 0 Å². The van der Waals surface area contributed by atoms with E-state index in [1.807, 2.05) is 12.2 Å². The van der Waals surface area contributed by atoms with Crippen LogP contribution in [0.4, 0.5) is 0 Å². The lowest BCUT2D eigenvalue weighted by Gasteiger charge is -1.80. The molecule has 1 aromatic rings. The van der Waals surface area contributed by atoms with Crippen molar-refractivity contribution >= 4 is 22.0 Å². The van der Waals surface area contributed by atoms with Gasteiger partial charge in [0.2, 0.25) is 0 Å². The lowest BCUT2D eigenvalue weighted by atomic mass is 10.4. The van der Waals surface area contributed by atoms with Crippen molar-refractivity contribution in [3.05, 3.63) is 18.0 Å². The Balaban J connectivity index is 2.67. The number of allylic oxidation sites excluding steroid dienone is 1. The minimum Gasteiger partial charge on any atom is -0.187 e. The first-order valence-electron chi connectivity index (χ1n) is 2.92. The zero-order valence-electron chi connectivity index (χ0n) is 5.66. The quantitative estimate of drug-likeness (QED) is 0.675. The van der Waals surface area contributed by atoms with Gasteiger partial charge in [0.25, 0.3) is 0 Å². The zero-order chi connectivity index (χ0) is 7.40. The zero-order valence-corrected chi connectivity index (χ0v) is 7.24. The molecule has 10 heavy (non-hydrogen) atoms. The number of aryl methyl sites for hydroxylation is 1. The highest BCUT2D eigenvalue weighted by Gasteiger charge is 1.88. The molecule has 1 heterocycles. The Labute approximate surface area is 67.9 Å².